The fourth-order valence-electron chi connectivity index (χ4n) is 3.69. The van der Waals surface area contributed by atoms with Crippen molar-refractivity contribution in [1.82, 2.24) is 10.2 Å². The second-order valence-electron chi connectivity index (χ2n) is 6.12. The Morgan fingerprint density at radius 3 is 2.70 bits per heavy atom. The minimum atomic E-state index is 0.387. The molecule has 0 radical (unpaired) electrons. The van der Waals surface area contributed by atoms with Crippen molar-refractivity contribution in [2.75, 3.05) is 32.8 Å². The molecule has 0 aromatic carbocycles. The van der Waals surface area contributed by atoms with Gasteiger partial charge in [-0.15, -0.1) is 0 Å². The summed E-state index contributed by atoms with van der Waals surface area (Å²) in [6, 6.07) is 2.22. The van der Waals surface area contributed by atoms with E-state index in [4.69, 9.17) is 4.74 Å². The molecule has 2 fully saturated rings. The van der Waals surface area contributed by atoms with E-state index in [2.05, 4.69) is 27.0 Å². The van der Waals surface area contributed by atoms with Gasteiger partial charge in [0.05, 0.1) is 13.2 Å². The van der Waals surface area contributed by atoms with Crippen molar-refractivity contribution < 1.29 is 4.74 Å². The van der Waals surface area contributed by atoms with Crippen LogP contribution in [0.4, 0.5) is 0 Å². The molecule has 1 N–H and O–H groups in total. The van der Waals surface area contributed by atoms with Crippen molar-refractivity contribution in [2.24, 2.45) is 0 Å². The summed E-state index contributed by atoms with van der Waals surface area (Å²) in [5, 5.41) is 8.13. The predicted octanol–water partition coefficient (Wildman–Crippen LogP) is 2.87. The van der Waals surface area contributed by atoms with Crippen LogP contribution < -0.4 is 5.32 Å². The Kier molecular flexibility index (Phi) is 5.10. The van der Waals surface area contributed by atoms with Gasteiger partial charge < -0.3 is 10.1 Å². The average molecular weight is 294 g/mol. The second-order valence-corrected chi connectivity index (χ2v) is 6.90. The highest BCUT2D eigenvalue weighted by atomic mass is 32.1. The number of nitrogens with zero attached hydrogens (tertiary/aromatic N) is 1. The molecule has 0 amide bonds. The van der Waals surface area contributed by atoms with E-state index in [9.17, 15) is 0 Å². The molecule has 1 aliphatic carbocycles. The van der Waals surface area contributed by atoms with Gasteiger partial charge in [-0.1, -0.05) is 19.3 Å². The van der Waals surface area contributed by atoms with Gasteiger partial charge >= 0.3 is 0 Å². The summed E-state index contributed by atoms with van der Waals surface area (Å²) in [7, 11) is 0. The summed E-state index contributed by atoms with van der Waals surface area (Å²) >= 11 is 1.79. The molecule has 4 heteroatoms. The summed E-state index contributed by atoms with van der Waals surface area (Å²) < 4.78 is 5.54. The fraction of sp³-hybridized carbons (Fsp3) is 0.750. The number of hydrogen-bond donors (Lipinski definition) is 1. The SMILES string of the molecule is c1cc(CNCC2(N3CCOCC3)CCCCC2)cs1. The van der Waals surface area contributed by atoms with E-state index < -0.39 is 0 Å². The normalized spacial score (nSPS) is 23.8. The third kappa shape index (κ3) is 3.42. The van der Waals surface area contributed by atoms with Crippen LogP contribution in [0.3, 0.4) is 0 Å². The highest BCUT2D eigenvalue weighted by Crippen LogP contribution is 2.33. The topological polar surface area (TPSA) is 24.5 Å². The number of morpholine rings is 1. The first kappa shape index (κ1) is 14.5. The maximum atomic E-state index is 5.54. The van der Waals surface area contributed by atoms with Crippen LogP contribution >= 0.6 is 11.3 Å². The molecular weight excluding hydrogens is 268 g/mol. The van der Waals surface area contributed by atoms with Crippen LogP contribution in [0.5, 0.6) is 0 Å². The molecule has 1 saturated carbocycles. The van der Waals surface area contributed by atoms with E-state index in [1.807, 2.05) is 0 Å². The van der Waals surface area contributed by atoms with Gasteiger partial charge in [-0.25, -0.2) is 0 Å². The first-order chi connectivity index (χ1) is 9.89. The van der Waals surface area contributed by atoms with Crippen molar-refractivity contribution in [3.63, 3.8) is 0 Å². The minimum absolute atomic E-state index is 0.387. The summed E-state index contributed by atoms with van der Waals surface area (Å²) in [6.07, 6.45) is 6.89. The number of ether oxygens (including phenoxy) is 1. The zero-order chi connectivity index (χ0) is 13.7. The third-order valence-electron chi connectivity index (χ3n) is 4.83. The lowest BCUT2D eigenvalue weighted by molar-refractivity contribution is -0.0369. The quantitative estimate of drug-likeness (QED) is 0.904. The predicted molar refractivity (Wildman–Crippen MR) is 84.2 cm³/mol. The van der Waals surface area contributed by atoms with Crippen molar-refractivity contribution in [3.05, 3.63) is 22.4 Å². The Morgan fingerprint density at radius 1 is 1.20 bits per heavy atom. The highest BCUT2D eigenvalue weighted by molar-refractivity contribution is 7.07. The van der Waals surface area contributed by atoms with E-state index in [0.29, 0.717) is 5.54 Å². The minimum Gasteiger partial charge on any atom is -0.379 e. The molecule has 112 valence electrons. The highest BCUT2D eigenvalue weighted by Gasteiger charge is 2.38. The van der Waals surface area contributed by atoms with E-state index in [-0.39, 0.29) is 0 Å². The molecule has 2 aliphatic rings. The van der Waals surface area contributed by atoms with E-state index in [0.717, 1.165) is 39.4 Å². The van der Waals surface area contributed by atoms with Crippen LogP contribution in [0.1, 0.15) is 37.7 Å². The molecule has 1 saturated heterocycles. The molecule has 3 rings (SSSR count). The molecule has 2 heterocycles. The Bertz CT molecular complexity index is 381. The smallest absolute Gasteiger partial charge is 0.0594 e. The molecule has 0 bridgehead atoms. The first-order valence-electron chi connectivity index (χ1n) is 7.94. The molecule has 0 spiro atoms. The van der Waals surface area contributed by atoms with Gasteiger partial charge in [-0.2, -0.15) is 11.3 Å². The lowest BCUT2D eigenvalue weighted by atomic mass is 9.79. The van der Waals surface area contributed by atoms with Crippen LogP contribution in [0.2, 0.25) is 0 Å². The van der Waals surface area contributed by atoms with Crippen LogP contribution in [-0.4, -0.2) is 43.3 Å². The number of hydrogen-bond acceptors (Lipinski definition) is 4. The molecule has 1 aromatic rings. The standard InChI is InChI=1S/C16H26N2OS/c1-2-5-16(6-3-1,18-7-9-19-10-8-18)14-17-12-15-4-11-20-13-15/h4,11,13,17H,1-3,5-10,12,14H2. The molecule has 0 unspecified atom stereocenters. The second kappa shape index (κ2) is 7.03. The van der Waals surface area contributed by atoms with Crippen LogP contribution in [-0.2, 0) is 11.3 Å². The van der Waals surface area contributed by atoms with Crippen LogP contribution in [0.15, 0.2) is 16.8 Å². The van der Waals surface area contributed by atoms with Crippen molar-refractivity contribution in [2.45, 2.75) is 44.2 Å². The maximum Gasteiger partial charge on any atom is 0.0594 e. The Labute approximate surface area is 126 Å². The Balaban J connectivity index is 1.59. The molecule has 0 atom stereocenters. The molecule has 1 aliphatic heterocycles. The van der Waals surface area contributed by atoms with Gasteiger partial charge in [0.2, 0.25) is 0 Å². The first-order valence-corrected chi connectivity index (χ1v) is 8.88. The summed E-state index contributed by atoms with van der Waals surface area (Å²) in [5.41, 5.74) is 1.81. The van der Waals surface area contributed by atoms with Gasteiger partial charge in [0.25, 0.3) is 0 Å². The zero-order valence-electron chi connectivity index (χ0n) is 12.3. The summed E-state index contributed by atoms with van der Waals surface area (Å²) in [5.74, 6) is 0. The number of rotatable bonds is 5. The van der Waals surface area contributed by atoms with Gasteiger partial charge in [-0.05, 0) is 35.2 Å². The van der Waals surface area contributed by atoms with Gasteiger partial charge in [0.1, 0.15) is 0 Å². The number of thiophene rings is 1. The largest absolute Gasteiger partial charge is 0.379 e. The number of nitrogens with one attached hydrogen (secondary N) is 1. The van der Waals surface area contributed by atoms with Gasteiger partial charge in [-0.3, -0.25) is 4.90 Å². The van der Waals surface area contributed by atoms with Gasteiger partial charge in [0, 0.05) is 31.7 Å². The monoisotopic (exact) mass is 294 g/mol. The zero-order valence-corrected chi connectivity index (χ0v) is 13.1. The molecule has 1 aromatic heterocycles. The summed E-state index contributed by atoms with van der Waals surface area (Å²) in [6.45, 7) is 6.18. The van der Waals surface area contributed by atoms with Crippen LogP contribution in [0.25, 0.3) is 0 Å². The maximum absolute atomic E-state index is 5.54. The fourth-order valence-corrected chi connectivity index (χ4v) is 4.35. The lowest BCUT2D eigenvalue weighted by Gasteiger charge is -2.48. The van der Waals surface area contributed by atoms with E-state index >= 15 is 0 Å². The molecular formula is C16H26N2OS. The lowest BCUT2D eigenvalue weighted by Crippen LogP contribution is -2.59. The van der Waals surface area contributed by atoms with E-state index in [1.54, 1.807) is 11.3 Å². The third-order valence-corrected chi connectivity index (χ3v) is 5.56. The van der Waals surface area contributed by atoms with Crippen molar-refractivity contribution >= 4 is 11.3 Å². The Morgan fingerprint density at radius 2 is 2.00 bits per heavy atom. The molecule has 20 heavy (non-hydrogen) atoms. The Hall–Kier alpha value is -0.420. The van der Waals surface area contributed by atoms with Crippen LogP contribution in [0, 0.1) is 0 Å². The molecule has 3 nitrogen and oxygen atoms in total. The summed E-state index contributed by atoms with van der Waals surface area (Å²) in [4.78, 5) is 2.70. The van der Waals surface area contributed by atoms with E-state index in [1.165, 1.54) is 37.7 Å². The van der Waals surface area contributed by atoms with Crippen molar-refractivity contribution in [1.29, 1.82) is 0 Å². The van der Waals surface area contributed by atoms with Crippen molar-refractivity contribution in [3.8, 4) is 0 Å². The average Bonchev–Trinajstić information content (AvgIpc) is 3.02. The van der Waals surface area contributed by atoms with Gasteiger partial charge in [0.15, 0.2) is 0 Å².